The van der Waals surface area contributed by atoms with Crippen LogP contribution in [0.25, 0.3) is 33.2 Å². The molecule has 0 atom stereocenters. The van der Waals surface area contributed by atoms with Crippen LogP contribution in [0.2, 0.25) is 0 Å². The van der Waals surface area contributed by atoms with Gasteiger partial charge in [-0.25, -0.2) is 9.97 Å². The van der Waals surface area contributed by atoms with Crippen LogP contribution in [0.4, 0.5) is 5.82 Å². The Labute approximate surface area is 195 Å². The van der Waals surface area contributed by atoms with Crippen molar-refractivity contribution in [1.29, 1.82) is 0 Å². The number of nitrogens with zero attached hydrogens (tertiary/aromatic N) is 3. The van der Waals surface area contributed by atoms with Crippen LogP contribution in [-0.4, -0.2) is 37.6 Å². The summed E-state index contributed by atoms with van der Waals surface area (Å²) in [7, 11) is 0.150. The molecule has 2 aromatic heterocycles. The van der Waals surface area contributed by atoms with Crippen molar-refractivity contribution in [3.63, 3.8) is 0 Å². The van der Waals surface area contributed by atoms with Crippen molar-refractivity contribution in [3.8, 4) is 11.5 Å². The van der Waals surface area contributed by atoms with Gasteiger partial charge in [-0.05, 0) is 17.7 Å². The van der Waals surface area contributed by atoms with Crippen molar-refractivity contribution >= 4 is 46.0 Å². The number of aromatic nitrogens is 3. The number of benzene rings is 3. The number of nitrogens with two attached hydrogens (primary N) is 1. The number of rotatable bonds is 6. The van der Waals surface area contributed by atoms with E-state index in [0.29, 0.717) is 45.7 Å². The average molecular weight is 451 g/mol. The molecule has 34 heavy (non-hydrogen) atoms. The average Bonchev–Trinajstić information content (AvgIpc) is 3.18. The first-order valence-electron chi connectivity index (χ1n) is 10.8. The number of para-hydroxylation sites is 1. The molecular weight excluding hydrogens is 429 g/mol. The first-order valence-corrected chi connectivity index (χ1v) is 10.8. The van der Waals surface area contributed by atoms with E-state index >= 15 is 0 Å². The normalized spacial score (nSPS) is 11.1. The summed E-state index contributed by atoms with van der Waals surface area (Å²) in [4.78, 5) is 21.5. The SMILES string of the molecule is Cn1cc2c(C(N)=O)cccc2c1-c1nc(NCc2ccccc2)c2cccc(B(O)O)c2n1. The van der Waals surface area contributed by atoms with Crippen LogP contribution >= 0.6 is 0 Å². The zero-order valence-electron chi connectivity index (χ0n) is 18.4. The van der Waals surface area contributed by atoms with E-state index in [9.17, 15) is 14.8 Å². The van der Waals surface area contributed by atoms with Gasteiger partial charge in [0.15, 0.2) is 5.82 Å². The molecule has 0 radical (unpaired) electrons. The number of amides is 1. The van der Waals surface area contributed by atoms with E-state index in [2.05, 4.69) is 5.32 Å². The molecule has 0 fully saturated rings. The van der Waals surface area contributed by atoms with E-state index in [4.69, 9.17) is 15.7 Å². The molecule has 0 aliphatic carbocycles. The fraction of sp³-hybridized carbons (Fsp3) is 0.0800. The van der Waals surface area contributed by atoms with Gasteiger partial charge in [-0.15, -0.1) is 0 Å². The number of primary amides is 1. The molecule has 9 heteroatoms. The lowest BCUT2D eigenvalue weighted by Gasteiger charge is -2.14. The molecule has 168 valence electrons. The standard InChI is InChI=1S/C25H22BN5O3/c1-31-14-19-16(9-5-10-17(19)23(27)32)22(31)25-29-21-18(11-6-12-20(21)26(33)34)24(30-25)28-13-15-7-3-2-4-8-15/h2-12,14,33-34H,13H2,1H3,(H2,27,32)(H,28,29,30). The summed E-state index contributed by atoms with van der Waals surface area (Å²) in [6.45, 7) is 0.526. The summed E-state index contributed by atoms with van der Waals surface area (Å²) in [6, 6.07) is 20.4. The van der Waals surface area contributed by atoms with Gasteiger partial charge in [0.25, 0.3) is 0 Å². The lowest BCUT2D eigenvalue weighted by atomic mass is 9.79. The van der Waals surface area contributed by atoms with E-state index < -0.39 is 13.0 Å². The van der Waals surface area contributed by atoms with Gasteiger partial charge in [0.05, 0.1) is 11.2 Å². The molecule has 3 aromatic carbocycles. The Morgan fingerprint density at radius 1 is 0.971 bits per heavy atom. The molecular formula is C25H22BN5O3. The van der Waals surface area contributed by atoms with Gasteiger partial charge in [0.1, 0.15) is 5.82 Å². The Hall–Kier alpha value is -4.21. The lowest BCUT2D eigenvalue weighted by Crippen LogP contribution is -2.31. The maximum atomic E-state index is 12.0. The van der Waals surface area contributed by atoms with Crippen molar-refractivity contribution in [2.24, 2.45) is 12.8 Å². The Morgan fingerprint density at radius 2 is 1.71 bits per heavy atom. The predicted octanol–water partition coefficient (Wildman–Crippen LogP) is 2.18. The van der Waals surface area contributed by atoms with Crippen molar-refractivity contribution < 1.29 is 14.8 Å². The molecule has 5 N–H and O–H groups in total. The Kier molecular flexibility index (Phi) is 5.49. The summed E-state index contributed by atoms with van der Waals surface area (Å²) in [6.07, 6.45) is 1.82. The van der Waals surface area contributed by atoms with E-state index in [-0.39, 0.29) is 5.46 Å². The molecule has 0 aliphatic heterocycles. The van der Waals surface area contributed by atoms with Crippen molar-refractivity contribution in [3.05, 3.63) is 84.1 Å². The topological polar surface area (TPSA) is 126 Å². The third-order valence-electron chi connectivity index (χ3n) is 5.85. The molecule has 2 heterocycles. The highest BCUT2D eigenvalue weighted by molar-refractivity contribution is 6.61. The van der Waals surface area contributed by atoms with Crippen LogP contribution in [0.15, 0.2) is 72.9 Å². The fourth-order valence-corrected chi connectivity index (χ4v) is 4.26. The van der Waals surface area contributed by atoms with E-state index in [1.165, 1.54) is 0 Å². The van der Waals surface area contributed by atoms with E-state index in [1.807, 2.05) is 60.3 Å². The minimum absolute atomic E-state index is 0.278. The van der Waals surface area contributed by atoms with Crippen molar-refractivity contribution in [2.45, 2.75) is 6.54 Å². The van der Waals surface area contributed by atoms with Crippen LogP contribution in [0.3, 0.4) is 0 Å². The highest BCUT2D eigenvalue weighted by atomic mass is 16.4. The molecule has 0 unspecified atom stereocenters. The van der Waals surface area contributed by atoms with Gasteiger partial charge < -0.3 is 25.7 Å². The Bertz CT molecular complexity index is 1530. The second kappa shape index (κ2) is 8.62. The number of hydrogen-bond acceptors (Lipinski definition) is 6. The number of hydrogen-bond donors (Lipinski definition) is 4. The molecule has 0 spiro atoms. The monoisotopic (exact) mass is 451 g/mol. The second-order valence-corrected chi connectivity index (χ2v) is 8.07. The van der Waals surface area contributed by atoms with Crippen LogP contribution < -0.4 is 16.5 Å². The highest BCUT2D eigenvalue weighted by Gasteiger charge is 2.22. The summed E-state index contributed by atoms with van der Waals surface area (Å²) >= 11 is 0. The maximum Gasteiger partial charge on any atom is 0.490 e. The van der Waals surface area contributed by atoms with Crippen LogP contribution in [0, 0.1) is 0 Å². The number of aryl methyl sites for hydroxylation is 1. The van der Waals surface area contributed by atoms with Gasteiger partial charge >= 0.3 is 7.12 Å². The third kappa shape index (κ3) is 3.77. The largest absolute Gasteiger partial charge is 0.490 e. The van der Waals surface area contributed by atoms with Gasteiger partial charge in [0.2, 0.25) is 5.91 Å². The molecule has 0 saturated carbocycles. The zero-order valence-corrected chi connectivity index (χ0v) is 18.4. The number of anilines is 1. The van der Waals surface area contributed by atoms with Gasteiger partial charge in [-0.3, -0.25) is 4.79 Å². The van der Waals surface area contributed by atoms with Crippen LogP contribution in [0.5, 0.6) is 0 Å². The summed E-state index contributed by atoms with van der Waals surface area (Å²) in [5.41, 5.74) is 8.46. The van der Waals surface area contributed by atoms with Crippen LogP contribution in [-0.2, 0) is 13.6 Å². The number of fused-ring (bicyclic) bond motifs is 2. The minimum atomic E-state index is -1.69. The van der Waals surface area contributed by atoms with E-state index in [1.54, 1.807) is 24.3 Å². The van der Waals surface area contributed by atoms with Crippen molar-refractivity contribution in [1.82, 2.24) is 14.5 Å². The highest BCUT2D eigenvalue weighted by Crippen LogP contribution is 2.32. The second-order valence-electron chi connectivity index (χ2n) is 8.07. The van der Waals surface area contributed by atoms with Gasteiger partial charge in [-0.1, -0.05) is 54.6 Å². The summed E-state index contributed by atoms with van der Waals surface area (Å²) in [5, 5.41) is 25.5. The molecule has 5 aromatic rings. The minimum Gasteiger partial charge on any atom is -0.423 e. The van der Waals surface area contributed by atoms with Crippen LogP contribution in [0.1, 0.15) is 15.9 Å². The summed E-state index contributed by atoms with van der Waals surface area (Å²) < 4.78 is 1.84. The van der Waals surface area contributed by atoms with E-state index in [0.717, 1.165) is 10.9 Å². The molecule has 1 amide bonds. The predicted molar refractivity (Wildman–Crippen MR) is 134 cm³/mol. The molecule has 0 saturated heterocycles. The molecule has 0 bridgehead atoms. The summed E-state index contributed by atoms with van der Waals surface area (Å²) in [5.74, 6) is 0.431. The van der Waals surface area contributed by atoms with Crippen molar-refractivity contribution in [2.75, 3.05) is 5.32 Å². The molecule has 8 nitrogen and oxygen atoms in total. The lowest BCUT2D eigenvalue weighted by molar-refractivity contribution is 0.100. The van der Waals surface area contributed by atoms with Gasteiger partial charge in [-0.2, -0.15) is 0 Å². The fourth-order valence-electron chi connectivity index (χ4n) is 4.26. The first kappa shape index (κ1) is 21.6. The Morgan fingerprint density at radius 3 is 2.44 bits per heavy atom. The maximum absolute atomic E-state index is 12.0. The number of carbonyl (C=O) groups excluding carboxylic acids is 1. The first-order chi connectivity index (χ1) is 16.4. The zero-order chi connectivity index (χ0) is 23.8. The molecule has 0 aliphatic rings. The smallest absolute Gasteiger partial charge is 0.423 e. The number of nitrogens with one attached hydrogen (secondary N) is 1. The quantitative estimate of drug-likeness (QED) is 0.293. The Balaban J connectivity index is 1.73. The van der Waals surface area contributed by atoms with Gasteiger partial charge in [0, 0.05) is 47.0 Å². The number of carbonyl (C=O) groups is 1. The molecule has 5 rings (SSSR count). The third-order valence-corrected chi connectivity index (χ3v) is 5.85.